The predicted octanol–water partition coefficient (Wildman–Crippen LogP) is 3.86. The number of nitrogens with zero attached hydrogens (tertiary/aromatic N) is 3. The molecule has 0 saturated heterocycles. The third-order valence-corrected chi connectivity index (χ3v) is 5.82. The lowest BCUT2D eigenvalue weighted by Gasteiger charge is -2.30. The molecule has 4 rings (SSSR count). The van der Waals surface area contributed by atoms with Gasteiger partial charge in [-0.2, -0.15) is 5.26 Å². The molecule has 0 unspecified atom stereocenters. The number of benzene rings is 2. The Morgan fingerprint density at radius 2 is 2.10 bits per heavy atom. The van der Waals surface area contributed by atoms with Gasteiger partial charge >= 0.3 is 6.03 Å². The highest BCUT2D eigenvalue weighted by Gasteiger charge is 2.22. The molecule has 2 amide bonds. The predicted molar refractivity (Wildman–Crippen MR) is 115 cm³/mol. The molecule has 2 heterocycles. The van der Waals surface area contributed by atoms with Crippen LogP contribution in [-0.2, 0) is 32.9 Å². The first-order chi connectivity index (χ1) is 14.1. The minimum absolute atomic E-state index is 0.0163. The van der Waals surface area contributed by atoms with E-state index in [4.69, 9.17) is 5.26 Å². The van der Waals surface area contributed by atoms with Crippen LogP contribution in [0.5, 0.6) is 0 Å². The molecule has 148 valence electrons. The number of rotatable bonds is 4. The highest BCUT2D eigenvalue weighted by Crippen LogP contribution is 2.24. The number of fused-ring (bicyclic) bond motifs is 2. The molecular weight excluding hydrogens is 360 g/mol. The zero-order chi connectivity index (χ0) is 20.4. The van der Waals surface area contributed by atoms with Crippen molar-refractivity contribution >= 4 is 16.9 Å². The van der Waals surface area contributed by atoms with Gasteiger partial charge in [-0.3, -0.25) is 0 Å². The first kappa shape index (κ1) is 19.1. The van der Waals surface area contributed by atoms with Crippen LogP contribution in [0.3, 0.4) is 0 Å². The highest BCUT2D eigenvalue weighted by atomic mass is 16.2. The number of carbonyl (C=O) groups is 1. The Kier molecular flexibility index (Phi) is 5.26. The van der Waals surface area contributed by atoms with Gasteiger partial charge in [0.15, 0.2) is 0 Å². The Hall–Kier alpha value is -3.26. The van der Waals surface area contributed by atoms with E-state index in [0.29, 0.717) is 26.1 Å². The van der Waals surface area contributed by atoms with Gasteiger partial charge in [0.1, 0.15) is 0 Å². The van der Waals surface area contributed by atoms with Gasteiger partial charge in [0.05, 0.1) is 12.5 Å². The molecule has 0 atom stereocenters. The molecule has 5 nitrogen and oxygen atoms in total. The van der Waals surface area contributed by atoms with Crippen molar-refractivity contribution in [1.29, 1.82) is 5.26 Å². The van der Waals surface area contributed by atoms with Crippen molar-refractivity contribution in [3.63, 3.8) is 0 Å². The summed E-state index contributed by atoms with van der Waals surface area (Å²) in [6, 6.07) is 14.8. The van der Waals surface area contributed by atoms with Crippen LogP contribution in [0.4, 0.5) is 4.79 Å². The maximum Gasteiger partial charge on any atom is 0.317 e. The average Bonchev–Trinajstić information content (AvgIpc) is 3.03. The van der Waals surface area contributed by atoms with Crippen molar-refractivity contribution in [3.05, 3.63) is 70.4 Å². The molecule has 0 aliphatic carbocycles. The van der Waals surface area contributed by atoms with Gasteiger partial charge in [-0.05, 0) is 53.6 Å². The van der Waals surface area contributed by atoms with E-state index in [9.17, 15) is 4.79 Å². The second-order valence-corrected chi connectivity index (χ2v) is 7.83. The molecule has 1 aliphatic heterocycles. The summed E-state index contributed by atoms with van der Waals surface area (Å²) < 4.78 is 2.15. The van der Waals surface area contributed by atoms with Crippen molar-refractivity contribution in [3.8, 4) is 6.07 Å². The fraction of sp³-hybridized carbons (Fsp3) is 0.333. The Morgan fingerprint density at radius 1 is 1.24 bits per heavy atom. The number of urea groups is 1. The van der Waals surface area contributed by atoms with Crippen LogP contribution in [0.25, 0.3) is 10.9 Å². The quantitative estimate of drug-likeness (QED) is 0.740. The number of nitriles is 1. The van der Waals surface area contributed by atoms with Crippen LogP contribution in [0.2, 0.25) is 0 Å². The summed E-state index contributed by atoms with van der Waals surface area (Å²) in [5.41, 5.74) is 7.23. The van der Waals surface area contributed by atoms with Crippen LogP contribution in [-0.4, -0.2) is 28.6 Å². The van der Waals surface area contributed by atoms with E-state index in [-0.39, 0.29) is 6.03 Å². The number of aromatic nitrogens is 1. The van der Waals surface area contributed by atoms with Gasteiger partial charge in [0.25, 0.3) is 0 Å². The van der Waals surface area contributed by atoms with Gasteiger partial charge in [-0.15, -0.1) is 0 Å². The second kappa shape index (κ2) is 8.00. The lowest BCUT2D eigenvalue weighted by Crippen LogP contribution is -2.43. The maximum atomic E-state index is 12.7. The third kappa shape index (κ3) is 3.84. The smallest absolute Gasteiger partial charge is 0.317 e. The molecule has 0 bridgehead atoms. The lowest BCUT2D eigenvalue weighted by molar-refractivity contribution is 0.192. The largest absolute Gasteiger partial charge is 0.350 e. The number of nitrogens with one attached hydrogen (secondary N) is 1. The molecule has 2 aromatic carbocycles. The number of aryl methyl sites for hydroxylation is 2. The summed E-state index contributed by atoms with van der Waals surface area (Å²) in [5.74, 6) is 0. The summed E-state index contributed by atoms with van der Waals surface area (Å²) in [7, 11) is 2.07. The maximum absolute atomic E-state index is 12.7. The van der Waals surface area contributed by atoms with Crippen LogP contribution < -0.4 is 5.32 Å². The van der Waals surface area contributed by atoms with Crippen LogP contribution >= 0.6 is 0 Å². The topological polar surface area (TPSA) is 61.1 Å². The molecule has 1 aromatic heterocycles. The van der Waals surface area contributed by atoms with E-state index in [1.807, 2.05) is 17.0 Å². The SMILES string of the molecule is Cc1ccc2c(CCNC(=O)N3CCc4c(CC#N)cccc4C3)cn(C)c2c1. The van der Waals surface area contributed by atoms with Crippen molar-refractivity contribution in [2.24, 2.45) is 7.05 Å². The number of hydrogen-bond acceptors (Lipinski definition) is 2. The summed E-state index contributed by atoms with van der Waals surface area (Å²) in [4.78, 5) is 14.5. The Labute approximate surface area is 171 Å². The summed E-state index contributed by atoms with van der Waals surface area (Å²) >= 11 is 0. The van der Waals surface area contributed by atoms with Crippen LogP contribution in [0.15, 0.2) is 42.6 Å². The first-order valence-electron chi connectivity index (χ1n) is 10.1. The van der Waals surface area contributed by atoms with Gasteiger partial charge in [-0.25, -0.2) is 4.79 Å². The Morgan fingerprint density at radius 3 is 2.93 bits per heavy atom. The normalized spacial score (nSPS) is 13.2. The molecule has 3 aromatic rings. The number of amides is 2. The van der Waals surface area contributed by atoms with Gasteiger partial charge in [0.2, 0.25) is 0 Å². The molecular formula is C24H26N4O. The lowest BCUT2D eigenvalue weighted by atomic mass is 9.93. The molecule has 0 radical (unpaired) electrons. The first-order valence-corrected chi connectivity index (χ1v) is 10.1. The molecule has 1 aliphatic rings. The van der Waals surface area contributed by atoms with Gasteiger partial charge in [-0.1, -0.05) is 30.3 Å². The van der Waals surface area contributed by atoms with Crippen LogP contribution in [0, 0.1) is 18.3 Å². The molecule has 5 heteroatoms. The van der Waals surface area contributed by atoms with Crippen molar-refractivity contribution < 1.29 is 4.79 Å². The summed E-state index contributed by atoms with van der Waals surface area (Å²) in [6.07, 6.45) is 4.20. The zero-order valence-corrected chi connectivity index (χ0v) is 17.0. The zero-order valence-electron chi connectivity index (χ0n) is 17.0. The molecule has 0 spiro atoms. The molecule has 29 heavy (non-hydrogen) atoms. The van der Waals surface area contributed by atoms with E-state index in [1.165, 1.54) is 27.6 Å². The second-order valence-electron chi connectivity index (χ2n) is 7.83. The fourth-order valence-corrected chi connectivity index (χ4v) is 4.31. The van der Waals surface area contributed by atoms with E-state index in [1.54, 1.807) is 0 Å². The highest BCUT2D eigenvalue weighted by molar-refractivity contribution is 5.84. The standard InChI is InChI=1S/C24H26N4O/c1-17-6-7-22-20(15-27(2)23(22)14-17)9-12-26-24(29)28-13-10-21-18(8-11-25)4-3-5-19(21)16-28/h3-7,14-15H,8-10,12-13,16H2,1-2H3,(H,26,29). The van der Waals surface area contributed by atoms with Crippen molar-refractivity contribution in [1.82, 2.24) is 14.8 Å². The average molecular weight is 386 g/mol. The Bertz CT molecular complexity index is 1110. The summed E-state index contributed by atoms with van der Waals surface area (Å²) in [6.45, 7) is 4.01. The van der Waals surface area contributed by atoms with Gasteiger partial charge < -0.3 is 14.8 Å². The number of hydrogen-bond donors (Lipinski definition) is 1. The van der Waals surface area contributed by atoms with Crippen molar-refractivity contribution in [2.45, 2.75) is 32.7 Å². The third-order valence-electron chi connectivity index (χ3n) is 5.82. The summed E-state index contributed by atoms with van der Waals surface area (Å²) in [5, 5.41) is 13.3. The van der Waals surface area contributed by atoms with E-state index >= 15 is 0 Å². The number of carbonyl (C=O) groups excluding carboxylic acids is 1. The molecule has 0 saturated carbocycles. The molecule has 0 fully saturated rings. The van der Waals surface area contributed by atoms with E-state index in [2.05, 4.69) is 60.4 Å². The van der Waals surface area contributed by atoms with Crippen LogP contribution in [0.1, 0.15) is 27.8 Å². The van der Waals surface area contributed by atoms with E-state index < -0.39 is 0 Å². The fourth-order valence-electron chi connectivity index (χ4n) is 4.31. The minimum Gasteiger partial charge on any atom is -0.350 e. The van der Waals surface area contributed by atoms with Gasteiger partial charge in [0, 0.05) is 43.8 Å². The van der Waals surface area contributed by atoms with E-state index in [0.717, 1.165) is 24.0 Å². The molecule has 1 N–H and O–H groups in total. The monoisotopic (exact) mass is 386 g/mol. The Balaban J connectivity index is 1.38. The van der Waals surface area contributed by atoms with Crippen molar-refractivity contribution in [2.75, 3.05) is 13.1 Å². The minimum atomic E-state index is -0.0163.